The minimum Gasteiger partial charge on any atom is -0.329 e. The second kappa shape index (κ2) is 4.70. The molecule has 0 aromatic heterocycles. The Balaban J connectivity index is 2.01. The Morgan fingerprint density at radius 3 is 2.73 bits per heavy atom. The summed E-state index contributed by atoms with van der Waals surface area (Å²) in [7, 11) is 0. The van der Waals surface area contributed by atoms with Crippen LogP contribution in [-0.2, 0) is 4.84 Å². The third-order valence-electron chi connectivity index (χ3n) is 2.09. The molecule has 0 aromatic carbocycles. The lowest BCUT2D eigenvalue weighted by atomic mass is 10.3. The van der Waals surface area contributed by atoms with Crippen molar-refractivity contribution in [3.63, 3.8) is 0 Å². The maximum absolute atomic E-state index is 5.43. The average Bonchev–Trinajstić information content (AvgIpc) is 2.52. The molecule has 0 spiro atoms. The van der Waals surface area contributed by atoms with Crippen molar-refractivity contribution in [1.82, 2.24) is 5.48 Å². The molecule has 0 radical (unpaired) electrons. The van der Waals surface area contributed by atoms with Gasteiger partial charge in [-0.2, -0.15) is 5.48 Å². The van der Waals surface area contributed by atoms with Crippen LogP contribution in [0.5, 0.6) is 0 Å². The third-order valence-corrected chi connectivity index (χ3v) is 2.09. The Kier molecular flexibility index (Phi) is 3.83. The van der Waals surface area contributed by atoms with E-state index in [1.54, 1.807) is 0 Å². The molecule has 0 amide bonds. The van der Waals surface area contributed by atoms with E-state index in [-0.39, 0.29) is 6.04 Å². The molecule has 3 nitrogen and oxygen atoms in total. The topological polar surface area (TPSA) is 47.3 Å². The van der Waals surface area contributed by atoms with Gasteiger partial charge in [0.25, 0.3) is 0 Å². The molecule has 1 atom stereocenters. The Labute approximate surface area is 68.2 Å². The van der Waals surface area contributed by atoms with Gasteiger partial charge in [0.2, 0.25) is 0 Å². The number of hydrogen-bond acceptors (Lipinski definition) is 3. The highest BCUT2D eigenvalue weighted by Gasteiger charge is 2.15. The summed E-state index contributed by atoms with van der Waals surface area (Å²) in [6, 6.07) is 0.274. The van der Waals surface area contributed by atoms with Crippen LogP contribution in [0.2, 0.25) is 0 Å². The molecule has 3 heteroatoms. The summed E-state index contributed by atoms with van der Waals surface area (Å²) >= 11 is 0. The highest BCUT2D eigenvalue weighted by molar-refractivity contribution is 4.66. The van der Waals surface area contributed by atoms with E-state index in [1.807, 2.05) is 6.92 Å². The van der Waals surface area contributed by atoms with Gasteiger partial charge in [0.1, 0.15) is 0 Å². The number of hydroxylamine groups is 1. The van der Waals surface area contributed by atoms with E-state index in [2.05, 4.69) is 5.48 Å². The van der Waals surface area contributed by atoms with Crippen molar-refractivity contribution < 1.29 is 4.84 Å². The van der Waals surface area contributed by atoms with Gasteiger partial charge >= 0.3 is 0 Å². The molecule has 1 rings (SSSR count). The van der Waals surface area contributed by atoms with E-state index in [0.717, 1.165) is 0 Å². The fraction of sp³-hybridized carbons (Fsp3) is 1.00. The molecule has 0 bridgehead atoms. The second-order valence-electron chi connectivity index (χ2n) is 3.28. The normalized spacial score (nSPS) is 22.4. The molecule has 1 saturated carbocycles. The number of nitrogens with one attached hydrogen (secondary N) is 1. The van der Waals surface area contributed by atoms with E-state index in [9.17, 15) is 0 Å². The minimum absolute atomic E-state index is 0.274. The van der Waals surface area contributed by atoms with Crippen LogP contribution in [0.25, 0.3) is 0 Å². The molecular formula is C8H18N2O. The molecule has 1 fully saturated rings. The van der Waals surface area contributed by atoms with Gasteiger partial charge in [0.15, 0.2) is 0 Å². The second-order valence-corrected chi connectivity index (χ2v) is 3.28. The number of nitrogens with two attached hydrogens (primary N) is 1. The van der Waals surface area contributed by atoms with Crippen molar-refractivity contribution in [2.45, 2.75) is 44.8 Å². The number of rotatable bonds is 4. The van der Waals surface area contributed by atoms with E-state index in [1.165, 1.54) is 25.7 Å². The minimum atomic E-state index is 0.274. The van der Waals surface area contributed by atoms with Crippen LogP contribution >= 0.6 is 0 Å². The molecule has 66 valence electrons. The lowest BCUT2D eigenvalue weighted by molar-refractivity contribution is -0.0354. The smallest absolute Gasteiger partial charge is 0.0790 e. The quantitative estimate of drug-likeness (QED) is 0.595. The van der Waals surface area contributed by atoms with Crippen LogP contribution in [0.15, 0.2) is 0 Å². The lowest BCUT2D eigenvalue weighted by Crippen LogP contribution is -2.35. The monoisotopic (exact) mass is 158 g/mol. The Morgan fingerprint density at radius 2 is 2.18 bits per heavy atom. The van der Waals surface area contributed by atoms with Gasteiger partial charge in [-0.25, -0.2) is 0 Å². The third kappa shape index (κ3) is 3.18. The summed E-state index contributed by atoms with van der Waals surface area (Å²) in [6.07, 6.45) is 5.45. The average molecular weight is 158 g/mol. The van der Waals surface area contributed by atoms with Crippen molar-refractivity contribution in [1.29, 1.82) is 0 Å². The molecule has 0 saturated heterocycles. The molecule has 0 aromatic rings. The van der Waals surface area contributed by atoms with Crippen LogP contribution in [0.1, 0.15) is 32.6 Å². The molecule has 11 heavy (non-hydrogen) atoms. The van der Waals surface area contributed by atoms with E-state index in [0.29, 0.717) is 12.6 Å². The van der Waals surface area contributed by atoms with Crippen LogP contribution in [0.4, 0.5) is 0 Å². The molecule has 0 aliphatic heterocycles. The fourth-order valence-corrected chi connectivity index (χ4v) is 1.27. The Bertz CT molecular complexity index is 102. The van der Waals surface area contributed by atoms with Crippen molar-refractivity contribution >= 4 is 0 Å². The first-order chi connectivity index (χ1) is 5.33. The SMILES string of the molecule is CC(CN)NOC1CCCC1. The summed E-state index contributed by atoms with van der Waals surface area (Å²) in [4.78, 5) is 5.43. The predicted molar refractivity (Wildman–Crippen MR) is 45.0 cm³/mol. The highest BCUT2D eigenvalue weighted by atomic mass is 16.7. The van der Waals surface area contributed by atoms with E-state index in [4.69, 9.17) is 10.6 Å². The predicted octanol–water partition coefficient (Wildman–Crippen LogP) is 0.797. The summed E-state index contributed by atoms with van der Waals surface area (Å²) in [6.45, 7) is 2.65. The van der Waals surface area contributed by atoms with Crippen molar-refractivity contribution in [2.75, 3.05) is 6.54 Å². The summed E-state index contributed by atoms with van der Waals surface area (Å²) in [5, 5.41) is 0. The van der Waals surface area contributed by atoms with Gasteiger partial charge in [0.05, 0.1) is 6.10 Å². The van der Waals surface area contributed by atoms with E-state index >= 15 is 0 Å². The van der Waals surface area contributed by atoms with Crippen LogP contribution in [0.3, 0.4) is 0 Å². The van der Waals surface area contributed by atoms with Crippen LogP contribution < -0.4 is 11.2 Å². The maximum atomic E-state index is 5.43. The number of hydrogen-bond donors (Lipinski definition) is 2. The van der Waals surface area contributed by atoms with Crippen molar-refractivity contribution in [2.24, 2.45) is 5.73 Å². The molecule has 3 N–H and O–H groups in total. The van der Waals surface area contributed by atoms with Crippen LogP contribution in [0, 0.1) is 0 Å². The van der Waals surface area contributed by atoms with Gasteiger partial charge < -0.3 is 5.73 Å². The first-order valence-corrected chi connectivity index (χ1v) is 4.44. The fourth-order valence-electron chi connectivity index (χ4n) is 1.27. The van der Waals surface area contributed by atoms with E-state index < -0.39 is 0 Å². The van der Waals surface area contributed by atoms with Gasteiger partial charge in [-0.15, -0.1) is 0 Å². The van der Waals surface area contributed by atoms with Crippen molar-refractivity contribution in [3.8, 4) is 0 Å². The first kappa shape index (κ1) is 8.97. The van der Waals surface area contributed by atoms with Crippen molar-refractivity contribution in [3.05, 3.63) is 0 Å². The summed E-state index contributed by atoms with van der Waals surface area (Å²) in [5.74, 6) is 0. The zero-order valence-electron chi connectivity index (χ0n) is 7.18. The molecule has 1 aliphatic carbocycles. The Morgan fingerprint density at radius 1 is 1.55 bits per heavy atom. The van der Waals surface area contributed by atoms with Gasteiger partial charge in [0, 0.05) is 12.6 Å². The summed E-state index contributed by atoms with van der Waals surface area (Å²) < 4.78 is 0. The van der Waals surface area contributed by atoms with Gasteiger partial charge in [-0.3, -0.25) is 4.84 Å². The standard InChI is InChI=1S/C8H18N2O/c1-7(6-9)10-11-8-4-2-3-5-8/h7-8,10H,2-6,9H2,1H3. The molecule has 0 heterocycles. The Hall–Kier alpha value is -0.120. The maximum Gasteiger partial charge on any atom is 0.0790 e. The zero-order chi connectivity index (χ0) is 8.10. The largest absolute Gasteiger partial charge is 0.329 e. The lowest BCUT2D eigenvalue weighted by Gasteiger charge is -2.15. The van der Waals surface area contributed by atoms with Gasteiger partial charge in [-0.05, 0) is 19.8 Å². The van der Waals surface area contributed by atoms with Gasteiger partial charge in [-0.1, -0.05) is 12.8 Å². The highest BCUT2D eigenvalue weighted by Crippen LogP contribution is 2.19. The molecular weight excluding hydrogens is 140 g/mol. The summed E-state index contributed by atoms with van der Waals surface area (Å²) in [5.41, 5.74) is 8.36. The van der Waals surface area contributed by atoms with Crippen LogP contribution in [-0.4, -0.2) is 18.7 Å². The molecule has 1 aliphatic rings. The first-order valence-electron chi connectivity index (χ1n) is 4.44. The zero-order valence-corrected chi connectivity index (χ0v) is 7.18. The molecule has 1 unspecified atom stereocenters.